The van der Waals surface area contributed by atoms with Crippen molar-refractivity contribution in [3.63, 3.8) is 0 Å². The van der Waals surface area contributed by atoms with E-state index in [1.807, 2.05) is 0 Å². The van der Waals surface area contributed by atoms with Gasteiger partial charge in [-0.15, -0.1) is 0 Å². The van der Waals surface area contributed by atoms with Crippen LogP contribution in [0.2, 0.25) is 0 Å². The van der Waals surface area contributed by atoms with Gasteiger partial charge in [0.05, 0.1) is 5.54 Å². The lowest BCUT2D eigenvalue weighted by molar-refractivity contribution is -0.0501. The number of amidine groups is 1. The number of aliphatic imine (C=N–C) groups is 1. The van der Waals surface area contributed by atoms with Crippen LogP contribution in [0.25, 0.3) is 0 Å². The second kappa shape index (κ2) is 8.40. The minimum atomic E-state index is -6.04. The van der Waals surface area contributed by atoms with E-state index in [1.54, 1.807) is 20.8 Å². The van der Waals surface area contributed by atoms with Crippen LogP contribution in [-0.4, -0.2) is 36.5 Å². The van der Waals surface area contributed by atoms with Crippen LogP contribution in [0.4, 0.5) is 22.4 Å². The molecule has 1 aliphatic heterocycles. The number of thioether (sulfide) groups is 1. The van der Waals surface area contributed by atoms with Crippen LogP contribution in [0.5, 0.6) is 5.75 Å². The number of alkyl halides is 3. The van der Waals surface area contributed by atoms with Gasteiger partial charge in [0.1, 0.15) is 5.60 Å². The average Bonchev–Trinajstić information content (AvgIpc) is 3.05. The molecule has 0 radical (unpaired) electrons. The molecule has 2 aliphatic rings. The summed E-state index contributed by atoms with van der Waals surface area (Å²) in [5.74, 6) is -1.82. The zero-order valence-electron chi connectivity index (χ0n) is 17.5. The largest absolute Gasteiger partial charge is 0.534 e. The van der Waals surface area contributed by atoms with Gasteiger partial charge in [0, 0.05) is 5.75 Å². The number of carbonyl (C=O) groups excluding carboxylic acids is 1. The van der Waals surface area contributed by atoms with Gasteiger partial charge in [0.2, 0.25) is 0 Å². The molecule has 0 aromatic heterocycles. The van der Waals surface area contributed by atoms with Crippen molar-refractivity contribution in [1.29, 1.82) is 0 Å². The number of rotatable bonds is 3. The summed E-state index contributed by atoms with van der Waals surface area (Å²) in [6, 6.07) is 3.12. The monoisotopic (exact) mass is 498 g/mol. The Kier molecular flexibility index (Phi) is 6.46. The van der Waals surface area contributed by atoms with Crippen LogP contribution in [0.15, 0.2) is 23.2 Å². The second-order valence-electron chi connectivity index (χ2n) is 8.50. The molecule has 7 nitrogen and oxygen atoms in total. The zero-order valence-corrected chi connectivity index (χ0v) is 19.1. The molecule has 3 rings (SSSR count). The molecule has 2 atom stereocenters. The molecule has 0 saturated heterocycles. The maximum atomic E-state index is 14.1. The van der Waals surface area contributed by atoms with Crippen LogP contribution in [0.3, 0.4) is 0 Å². The Morgan fingerprint density at radius 3 is 2.59 bits per heavy atom. The molecular formula is C19H22F4N2O5S2. The number of carbonyl (C=O) groups is 1. The number of amides is 1. The summed E-state index contributed by atoms with van der Waals surface area (Å²) < 4.78 is 84.2. The van der Waals surface area contributed by atoms with Crippen LogP contribution in [0.1, 0.15) is 45.6 Å². The zero-order chi connectivity index (χ0) is 23.9. The first-order valence-electron chi connectivity index (χ1n) is 9.66. The topological polar surface area (TPSA) is 94.1 Å². The van der Waals surface area contributed by atoms with Gasteiger partial charge in [-0.25, -0.2) is 9.18 Å². The number of benzene rings is 1. The lowest BCUT2D eigenvalue weighted by Crippen LogP contribution is -2.41. The number of halogens is 4. The van der Waals surface area contributed by atoms with Crippen LogP contribution >= 0.6 is 11.8 Å². The SMILES string of the molecule is CC(C)(C)OC(=O)NC1=N[C@@]2(c3ccc(F)c(OS(=O)(=O)C(F)(F)F)c3)CCC[C@H]2CS1. The van der Waals surface area contributed by atoms with Crippen molar-refractivity contribution in [2.45, 2.75) is 56.7 Å². The number of alkyl carbamates (subject to hydrolysis) is 1. The molecule has 0 bridgehead atoms. The molecule has 178 valence electrons. The molecule has 1 aliphatic carbocycles. The molecule has 1 N–H and O–H groups in total. The summed E-state index contributed by atoms with van der Waals surface area (Å²) in [4.78, 5) is 16.8. The first kappa shape index (κ1) is 24.6. The average molecular weight is 499 g/mol. The van der Waals surface area contributed by atoms with Crippen molar-refractivity contribution in [2.24, 2.45) is 10.9 Å². The van der Waals surface area contributed by atoms with Gasteiger partial charge < -0.3 is 8.92 Å². The molecule has 13 heteroatoms. The van der Waals surface area contributed by atoms with E-state index in [9.17, 15) is 30.8 Å². The Bertz CT molecular complexity index is 1040. The summed E-state index contributed by atoms with van der Waals surface area (Å²) in [5.41, 5.74) is -7.10. The molecule has 1 fully saturated rings. The molecule has 1 heterocycles. The highest BCUT2D eigenvalue weighted by molar-refractivity contribution is 8.13. The maximum absolute atomic E-state index is 14.1. The molecule has 1 aromatic rings. The quantitative estimate of drug-likeness (QED) is 0.370. The Hall–Kier alpha value is -2.02. The predicted molar refractivity (Wildman–Crippen MR) is 110 cm³/mol. The maximum Gasteiger partial charge on any atom is 0.534 e. The molecular weight excluding hydrogens is 476 g/mol. The van der Waals surface area contributed by atoms with Gasteiger partial charge in [-0.05, 0) is 57.2 Å². The smallest absolute Gasteiger partial charge is 0.444 e. The molecule has 1 saturated carbocycles. The van der Waals surface area contributed by atoms with Crippen LogP contribution < -0.4 is 9.50 Å². The van der Waals surface area contributed by atoms with Crippen molar-refractivity contribution in [3.8, 4) is 5.75 Å². The molecule has 1 aromatic carbocycles. The van der Waals surface area contributed by atoms with E-state index >= 15 is 0 Å². The van der Waals surface area contributed by atoms with Gasteiger partial charge >= 0.3 is 21.7 Å². The van der Waals surface area contributed by atoms with E-state index in [-0.39, 0.29) is 11.1 Å². The van der Waals surface area contributed by atoms with Crippen molar-refractivity contribution in [1.82, 2.24) is 5.32 Å². The number of hydrogen-bond donors (Lipinski definition) is 1. The number of ether oxygens (including phenoxy) is 1. The molecule has 0 unspecified atom stereocenters. The summed E-state index contributed by atoms with van der Waals surface area (Å²) in [6.45, 7) is 5.10. The van der Waals surface area contributed by atoms with Crippen molar-refractivity contribution < 1.29 is 39.7 Å². The standard InChI is InChI=1S/C19H22F4N2O5S2/c1-17(2,3)29-16(26)24-15-25-18(8-4-5-12(18)10-31-15)11-6-7-13(20)14(9-11)30-32(27,28)19(21,22)23/h6-7,9,12H,4-5,8,10H2,1-3H3,(H,24,25,26)/t12-,18+/m0/s1. The molecule has 0 spiro atoms. The van der Waals surface area contributed by atoms with E-state index in [1.165, 1.54) is 17.8 Å². The Morgan fingerprint density at radius 1 is 1.28 bits per heavy atom. The van der Waals surface area contributed by atoms with Crippen LogP contribution in [-0.2, 0) is 20.4 Å². The highest BCUT2D eigenvalue weighted by Crippen LogP contribution is 2.51. The first-order valence-corrected chi connectivity index (χ1v) is 12.1. The lowest BCUT2D eigenvalue weighted by Gasteiger charge is -2.36. The van der Waals surface area contributed by atoms with Gasteiger partial charge in [-0.2, -0.15) is 21.6 Å². The minimum absolute atomic E-state index is 0.0470. The summed E-state index contributed by atoms with van der Waals surface area (Å²) in [6.07, 6.45) is 1.26. The lowest BCUT2D eigenvalue weighted by atomic mass is 9.81. The highest BCUT2D eigenvalue weighted by atomic mass is 32.2. The Balaban J connectivity index is 1.96. The number of nitrogens with one attached hydrogen (secondary N) is 1. The fraction of sp³-hybridized carbons (Fsp3) is 0.579. The van der Waals surface area contributed by atoms with E-state index in [0.29, 0.717) is 17.7 Å². The number of fused-ring (bicyclic) bond motifs is 1. The summed E-state index contributed by atoms with van der Waals surface area (Å²) >= 11 is 1.30. The van der Waals surface area contributed by atoms with E-state index in [4.69, 9.17) is 4.74 Å². The van der Waals surface area contributed by atoms with E-state index < -0.39 is 44.4 Å². The third-order valence-electron chi connectivity index (χ3n) is 5.03. The third kappa shape index (κ3) is 5.13. The first-order chi connectivity index (χ1) is 14.6. The predicted octanol–water partition coefficient (Wildman–Crippen LogP) is 4.68. The molecule has 32 heavy (non-hydrogen) atoms. The van der Waals surface area contributed by atoms with Gasteiger partial charge in [-0.1, -0.05) is 24.2 Å². The Morgan fingerprint density at radius 2 is 1.97 bits per heavy atom. The summed E-state index contributed by atoms with van der Waals surface area (Å²) in [5, 5.41) is 2.83. The van der Waals surface area contributed by atoms with Crippen molar-refractivity contribution >= 4 is 33.1 Å². The van der Waals surface area contributed by atoms with E-state index in [0.717, 1.165) is 25.0 Å². The van der Waals surface area contributed by atoms with Crippen molar-refractivity contribution in [2.75, 3.05) is 5.75 Å². The van der Waals surface area contributed by atoms with Gasteiger partial charge in [-0.3, -0.25) is 10.3 Å². The number of hydrogen-bond acceptors (Lipinski definition) is 7. The number of nitrogens with zero attached hydrogens (tertiary/aromatic N) is 1. The second-order valence-corrected chi connectivity index (χ2v) is 11.0. The van der Waals surface area contributed by atoms with Crippen molar-refractivity contribution in [3.05, 3.63) is 29.6 Å². The minimum Gasteiger partial charge on any atom is -0.444 e. The Labute approximate surface area is 187 Å². The van der Waals surface area contributed by atoms with Gasteiger partial charge in [0.15, 0.2) is 16.7 Å². The van der Waals surface area contributed by atoms with Crippen LogP contribution in [0, 0.1) is 11.7 Å². The normalized spacial score (nSPS) is 23.8. The third-order valence-corrected chi connectivity index (χ3v) is 7.03. The molecule has 1 amide bonds. The van der Waals surface area contributed by atoms with E-state index in [2.05, 4.69) is 14.5 Å². The fourth-order valence-electron chi connectivity index (χ4n) is 3.72. The fourth-order valence-corrected chi connectivity index (χ4v) is 5.37. The summed E-state index contributed by atoms with van der Waals surface area (Å²) in [7, 11) is -6.04. The van der Waals surface area contributed by atoms with Gasteiger partial charge in [0.25, 0.3) is 0 Å². The highest BCUT2D eigenvalue weighted by Gasteiger charge is 2.50.